The maximum atomic E-state index is 11.4. The van der Waals surface area contributed by atoms with E-state index in [-0.39, 0.29) is 0 Å². The second-order valence-corrected chi connectivity index (χ2v) is 5.28. The molecule has 18 heavy (non-hydrogen) atoms. The molecule has 2 heteroatoms. The third-order valence-electron chi connectivity index (χ3n) is 3.74. The maximum Gasteiger partial charge on any atom is 0.310 e. The number of benzene rings is 1. The molecule has 2 nitrogen and oxygen atoms in total. The third kappa shape index (κ3) is 2.73. The highest BCUT2D eigenvalue weighted by molar-refractivity contribution is 5.75. The average molecular weight is 242 g/mol. The van der Waals surface area contributed by atoms with Crippen LogP contribution < -0.4 is 0 Å². The van der Waals surface area contributed by atoms with Gasteiger partial charge in [-0.3, -0.25) is 4.79 Å². The van der Waals surface area contributed by atoms with Crippen molar-refractivity contribution in [2.75, 3.05) is 0 Å². The van der Waals surface area contributed by atoms with Gasteiger partial charge in [-0.25, -0.2) is 0 Å². The van der Waals surface area contributed by atoms with E-state index in [0.29, 0.717) is 12.3 Å². The first kappa shape index (κ1) is 12.7. The van der Waals surface area contributed by atoms with Crippen LogP contribution in [0.5, 0.6) is 0 Å². The summed E-state index contributed by atoms with van der Waals surface area (Å²) in [6, 6.07) is 9.71. The van der Waals surface area contributed by atoms with E-state index >= 15 is 0 Å². The number of aliphatic carboxylic acids is 1. The molecule has 0 aliphatic heterocycles. The van der Waals surface area contributed by atoms with Crippen LogP contribution in [0.2, 0.25) is 0 Å². The van der Waals surface area contributed by atoms with E-state index in [9.17, 15) is 9.90 Å². The van der Waals surface area contributed by atoms with Crippen LogP contribution >= 0.6 is 0 Å². The molecule has 0 saturated heterocycles. The van der Waals surface area contributed by atoms with Crippen molar-refractivity contribution in [2.45, 2.75) is 32.6 Å². The number of carboxylic acid groups (broad SMARTS) is 1. The zero-order valence-electron chi connectivity index (χ0n) is 10.6. The van der Waals surface area contributed by atoms with Gasteiger partial charge in [0.1, 0.15) is 0 Å². The molecule has 0 radical (unpaired) electrons. The van der Waals surface area contributed by atoms with Crippen LogP contribution in [0, 0.1) is 23.2 Å². The van der Waals surface area contributed by atoms with Gasteiger partial charge in [-0.2, -0.15) is 0 Å². The minimum absolute atomic E-state index is 0.460. The Bertz CT molecular complexity index is 481. The lowest BCUT2D eigenvalue weighted by Gasteiger charge is -2.20. The molecule has 0 spiro atoms. The molecule has 1 aromatic rings. The van der Waals surface area contributed by atoms with Gasteiger partial charge in [-0.15, -0.1) is 0 Å². The summed E-state index contributed by atoms with van der Waals surface area (Å²) < 4.78 is 0. The van der Waals surface area contributed by atoms with Crippen molar-refractivity contribution in [3.63, 3.8) is 0 Å². The summed E-state index contributed by atoms with van der Waals surface area (Å²) in [5.41, 5.74) is 0.338. The minimum Gasteiger partial charge on any atom is -0.481 e. The lowest BCUT2D eigenvalue weighted by Crippen LogP contribution is -2.27. The standard InChI is InChI=1S/C16H18O2/c1-13-9-11-16(12-13,15(17)18)10-5-8-14-6-3-2-4-7-14/h2-4,6-7,13H,9-12H2,1H3,(H,17,18). The monoisotopic (exact) mass is 242 g/mol. The van der Waals surface area contributed by atoms with Crippen molar-refractivity contribution in [1.29, 1.82) is 0 Å². The highest BCUT2D eigenvalue weighted by Crippen LogP contribution is 2.44. The first-order valence-electron chi connectivity index (χ1n) is 6.40. The average Bonchev–Trinajstić information content (AvgIpc) is 2.74. The fraction of sp³-hybridized carbons (Fsp3) is 0.438. The van der Waals surface area contributed by atoms with E-state index in [1.807, 2.05) is 30.3 Å². The SMILES string of the molecule is CC1CCC(CC#Cc2ccccc2)(C(=O)O)C1. The summed E-state index contributed by atoms with van der Waals surface area (Å²) >= 11 is 0. The van der Waals surface area contributed by atoms with E-state index in [1.165, 1.54) is 0 Å². The molecule has 0 bridgehead atoms. The van der Waals surface area contributed by atoms with Gasteiger partial charge in [-0.05, 0) is 37.3 Å². The molecule has 1 aromatic carbocycles. The summed E-state index contributed by atoms with van der Waals surface area (Å²) in [7, 11) is 0. The van der Waals surface area contributed by atoms with Crippen molar-refractivity contribution in [1.82, 2.24) is 0 Å². The molecule has 1 aliphatic carbocycles. The molecule has 0 amide bonds. The second kappa shape index (κ2) is 5.27. The number of carboxylic acids is 1. The molecular weight excluding hydrogens is 224 g/mol. The first-order chi connectivity index (χ1) is 8.62. The number of hydrogen-bond acceptors (Lipinski definition) is 1. The van der Waals surface area contributed by atoms with Crippen LogP contribution in [0.15, 0.2) is 30.3 Å². The molecule has 2 unspecified atom stereocenters. The second-order valence-electron chi connectivity index (χ2n) is 5.28. The van der Waals surface area contributed by atoms with Crippen molar-refractivity contribution in [2.24, 2.45) is 11.3 Å². The van der Waals surface area contributed by atoms with E-state index in [0.717, 1.165) is 24.8 Å². The van der Waals surface area contributed by atoms with Crippen molar-refractivity contribution < 1.29 is 9.90 Å². The highest BCUT2D eigenvalue weighted by Gasteiger charge is 2.43. The first-order valence-corrected chi connectivity index (χ1v) is 6.40. The van der Waals surface area contributed by atoms with Gasteiger partial charge in [0.2, 0.25) is 0 Å². The maximum absolute atomic E-state index is 11.4. The van der Waals surface area contributed by atoms with Gasteiger partial charge in [0.05, 0.1) is 5.41 Å². The van der Waals surface area contributed by atoms with Gasteiger partial charge in [0.25, 0.3) is 0 Å². The molecular formula is C16H18O2. The van der Waals surface area contributed by atoms with Crippen LogP contribution in [-0.4, -0.2) is 11.1 Å². The Morgan fingerprint density at radius 3 is 2.72 bits per heavy atom. The third-order valence-corrected chi connectivity index (χ3v) is 3.74. The number of hydrogen-bond donors (Lipinski definition) is 1. The van der Waals surface area contributed by atoms with Crippen LogP contribution in [0.25, 0.3) is 0 Å². The van der Waals surface area contributed by atoms with Crippen LogP contribution in [0.4, 0.5) is 0 Å². The zero-order valence-corrected chi connectivity index (χ0v) is 10.6. The summed E-state index contributed by atoms with van der Waals surface area (Å²) in [4.78, 5) is 11.4. The fourth-order valence-electron chi connectivity index (χ4n) is 2.66. The van der Waals surface area contributed by atoms with E-state index < -0.39 is 11.4 Å². The lowest BCUT2D eigenvalue weighted by atomic mass is 9.82. The van der Waals surface area contributed by atoms with Crippen molar-refractivity contribution in [3.8, 4) is 11.8 Å². The Labute approximate surface area is 108 Å². The summed E-state index contributed by atoms with van der Waals surface area (Å²) in [5, 5.41) is 9.41. The number of rotatable bonds is 2. The zero-order chi connectivity index (χ0) is 13.0. The van der Waals surface area contributed by atoms with Gasteiger partial charge < -0.3 is 5.11 Å². The van der Waals surface area contributed by atoms with Gasteiger partial charge in [0, 0.05) is 12.0 Å². The normalized spacial score (nSPS) is 26.4. The fourth-order valence-corrected chi connectivity index (χ4v) is 2.66. The summed E-state index contributed by atoms with van der Waals surface area (Å²) in [5.74, 6) is 5.92. The summed E-state index contributed by atoms with van der Waals surface area (Å²) in [6.07, 6.45) is 2.97. The molecule has 94 valence electrons. The molecule has 1 fully saturated rings. The van der Waals surface area contributed by atoms with Gasteiger partial charge in [-0.1, -0.05) is 37.0 Å². The van der Waals surface area contributed by atoms with Crippen LogP contribution in [0.1, 0.15) is 38.2 Å². The molecule has 0 aromatic heterocycles. The molecule has 1 saturated carbocycles. The molecule has 2 atom stereocenters. The van der Waals surface area contributed by atoms with Crippen LogP contribution in [-0.2, 0) is 4.79 Å². The topological polar surface area (TPSA) is 37.3 Å². The minimum atomic E-state index is -0.686. The molecule has 1 N–H and O–H groups in total. The molecule has 1 aliphatic rings. The quantitative estimate of drug-likeness (QED) is 0.808. The van der Waals surface area contributed by atoms with E-state index in [2.05, 4.69) is 18.8 Å². The predicted octanol–water partition coefficient (Wildman–Crippen LogP) is 3.32. The Hall–Kier alpha value is -1.75. The van der Waals surface area contributed by atoms with Gasteiger partial charge >= 0.3 is 5.97 Å². The van der Waals surface area contributed by atoms with E-state index in [4.69, 9.17) is 0 Å². The predicted molar refractivity (Wildman–Crippen MR) is 71.0 cm³/mol. The Balaban J connectivity index is 2.08. The Kier molecular flexibility index (Phi) is 3.72. The lowest BCUT2D eigenvalue weighted by molar-refractivity contribution is -0.148. The largest absolute Gasteiger partial charge is 0.481 e. The highest BCUT2D eigenvalue weighted by atomic mass is 16.4. The summed E-state index contributed by atoms with van der Waals surface area (Å²) in [6.45, 7) is 2.12. The van der Waals surface area contributed by atoms with E-state index in [1.54, 1.807) is 0 Å². The van der Waals surface area contributed by atoms with Crippen molar-refractivity contribution >= 4 is 5.97 Å². The smallest absolute Gasteiger partial charge is 0.310 e. The van der Waals surface area contributed by atoms with Crippen LogP contribution in [0.3, 0.4) is 0 Å². The number of carbonyl (C=O) groups is 1. The molecule has 2 rings (SSSR count). The molecule has 0 heterocycles. The van der Waals surface area contributed by atoms with Crippen molar-refractivity contribution in [3.05, 3.63) is 35.9 Å². The van der Waals surface area contributed by atoms with Gasteiger partial charge in [0.15, 0.2) is 0 Å². The Morgan fingerprint density at radius 1 is 1.44 bits per heavy atom. The Morgan fingerprint density at radius 2 is 2.17 bits per heavy atom.